The van der Waals surface area contributed by atoms with E-state index in [-0.39, 0.29) is 12.3 Å². The number of imidazole rings is 1. The van der Waals surface area contributed by atoms with Gasteiger partial charge in [-0.3, -0.25) is 14.7 Å². The molecule has 9 heteroatoms. The quantitative estimate of drug-likeness (QED) is 0.434. The first-order valence-electron chi connectivity index (χ1n) is 10.2. The number of carbonyl (C=O) groups excluding carboxylic acids is 1. The Balaban J connectivity index is 2.05. The highest BCUT2D eigenvalue weighted by molar-refractivity contribution is 5.98. The molecule has 4 rings (SSSR count). The van der Waals surface area contributed by atoms with Crippen LogP contribution in [0.5, 0.6) is 0 Å². The number of H-pyrrole nitrogens is 1. The van der Waals surface area contributed by atoms with Gasteiger partial charge in [-0.25, -0.2) is 9.37 Å². The van der Waals surface area contributed by atoms with Crippen LogP contribution < -0.4 is 5.32 Å². The third kappa shape index (κ3) is 3.70. The van der Waals surface area contributed by atoms with Gasteiger partial charge < -0.3 is 15.0 Å². The van der Waals surface area contributed by atoms with Crippen LogP contribution in [0.15, 0.2) is 36.5 Å². The van der Waals surface area contributed by atoms with Crippen molar-refractivity contribution < 1.29 is 19.1 Å². The SMILES string of the molecule is CNC(=O)c1ccc2nc(-c3cc(F)c4cn[nH]c4c3)n(C(CC(=O)O)C(C)(C)C)c2c1. The van der Waals surface area contributed by atoms with Crippen molar-refractivity contribution in [2.24, 2.45) is 5.41 Å². The van der Waals surface area contributed by atoms with Gasteiger partial charge in [0.25, 0.3) is 5.91 Å². The Hall–Kier alpha value is -3.75. The summed E-state index contributed by atoms with van der Waals surface area (Å²) in [5.41, 5.74) is 2.13. The van der Waals surface area contributed by atoms with Gasteiger partial charge in [0, 0.05) is 18.2 Å². The minimum atomic E-state index is -0.963. The van der Waals surface area contributed by atoms with Gasteiger partial charge >= 0.3 is 5.97 Å². The summed E-state index contributed by atoms with van der Waals surface area (Å²) in [7, 11) is 1.54. The number of aromatic nitrogens is 4. The number of nitrogens with zero attached hydrogens (tertiary/aromatic N) is 3. The predicted octanol–water partition coefficient (Wildman–Crippen LogP) is 4.14. The lowest BCUT2D eigenvalue weighted by molar-refractivity contribution is -0.138. The number of halogens is 1. The number of carboxylic acids is 1. The number of carbonyl (C=O) groups is 2. The van der Waals surface area contributed by atoms with E-state index in [4.69, 9.17) is 4.98 Å². The summed E-state index contributed by atoms with van der Waals surface area (Å²) in [5.74, 6) is -1.26. The third-order valence-corrected chi connectivity index (χ3v) is 5.62. The molecule has 0 aliphatic heterocycles. The van der Waals surface area contributed by atoms with E-state index in [2.05, 4.69) is 15.5 Å². The maximum absolute atomic E-state index is 14.8. The summed E-state index contributed by atoms with van der Waals surface area (Å²) in [6.45, 7) is 5.83. The number of hydrogen-bond donors (Lipinski definition) is 3. The van der Waals surface area contributed by atoms with Gasteiger partial charge in [0.1, 0.15) is 11.6 Å². The maximum Gasteiger partial charge on any atom is 0.305 e. The molecule has 2 aromatic heterocycles. The summed E-state index contributed by atoms with van der Waals surface area (Å²) in [6.07, 6.45) is 1.25. The van der Waals surface area contributed by atoms with E-state index < -0.39 is 23.2 Å². The molecule has 4 aromatic rings. The third-order valence-electron chi connectivity index (χ3n) is 5.62. The number of carboxylic acid groups (broad SMARTS) is 1. The molecule has 3 N–H and O–H groups in total. The molecule has 0 aliphatic carbocycles. The Bertz CT molecular complexity index is 1350. The van der Waals surface area contributed by atoms with Gasteiger partial charge in [-0.05, 0) is 35.7 Å². The van der Waals surface area contributed by atoms with Crippen molar-refractivity contribution in [3.8, 4) is 11.4 Å². The number of aliphatic carboxylic acids is 1. The van der Waals surface area contributed by atoms with Gasteiger partial charge in [0.2, 0.25) is 0 Å². The molecule has 0 spiro atoms. The van der Waals surface area contributed by atoms with Gasteiger partial charge in [-0.2, -0.15) is 5.10 Å². The highest BCUT2D eigenvalue weighted by Crippen LogP contribution is 2.40. The van der Waals surface area contributed by atoms with Crippen LogP contribution in [0.1, 0.15) is 43.6 Å². The van der Waals surface area contributed by atoms with E-state index in [1.807, 2.05) is 25.3 Å². The molecule has 0 aliphatic rings. The van der Waals surface area contributed by atoms with Crippen LogP contribution in [0, 0.1) is 11.2 Å². The average Bonchev–Trinajstić information content (AvgIpc) is 3.34. The van der Waals surface area contributed by atoms with Crippen molar-refractivity contribution in [2.75, 3.05) is 7.05 Å². The summed E-state index contributed by atoms with van der Waals surface area (Å²) < 4.78 is 16.6. The summed E-state index contributed by atoms with van der Waals surface area (Å²) in [4.78, 5) is 28.8. The Kier molecular flexibility index (Phi) is 5.20. The van der Waals surface area contributed by atoms with Gasteiger partial charge in [-0.15, -0.1) is 0 Å². The Morgan fingerprint density at radius 1 is 1.25 bits per heavy atom. The number of nitrogens with one attached hydrogen (secondary N) is 2. The number of fused-ring (bicyclic) bond motifs is 2. The maximum atomic E-state index is 14.8. The molecule has 166 valence electrons. The van der Waals surface area contributed by atoms with Crippen LogP contribution in [0.4, 0.5) is 4.39 Å². The molecule has 0 saturated carbocycles. The number of amides is 1. The van der Waals surface area contributed by atoms with Crippen LogP contribution in [0.3, 0.4) is 0 Å². The van der Waals surface area contributed by atoms with Crippen LogP contribution in [-0.2, 0) is 4.79 Å². The molecule has 0 radical (unpaired) electrons. The van der Waals surface area contributed by atoms with Crippen molar-refractivity contribution in [3.63, 3.8) is 0 Å². The molecule has 32 heavy (non-hydrogen) atoms. The molecule has 0 bridgehead atoms. The van der Waals surface area contributed by atoms with E-state index in [0.29, 0.717) is 38.9 Å². The average molecular weight is 437 g/mol. The van der Waals surface area contributed by atoms with Gasteiger partial charge in [0.15, 0.2) is 0 Å². The Labute approximate surface area is 183 Å². The standard InChI is InChI=1S/C23H24FN5O3/c1-23(2,3)19(10-20(30)31)29-18-9-12(22(32)25-4)5-6-16(18)27-21(29)13-7-15(24)14-11-26-28-17(14)8-13/h5-9,11,19H,10H2,1-4H3,(H,25,32)(H,26,28)(H,30,31). The van der Waals surface area contributed by atoms with E-state index in [0.717, 1.165) is 0 Å². The minimum Gasteiger partial charge on any atom is -0.481 e. The number of hydrogen-bond acceptors (Lipinski definition) is 4. The van der Waals surface area contributed by atoms with Crippen molar-refractivity contribution in [1.29, 1.82) is 0 Å². The first kappa shape index (κ1) is 21.5. The lowest BCUT2D eigenvalue weighted by Crippen LogP contribution is -2.27. The number of benzene rings is 2. The first-order valence-corrected chi connectivity index (χ1v) is 10.2. The smallest absolute Gasteiger partial charge is 0.305 e. The number of rotatable bonds is 5. The van der Waals surface area contributed by atoms with Crippen LogP contribution in [-0.4, -0.2) is 43.8 Å². The lowest BCUT2D eigenvalue weighted by Gasteiger charge is -2.32. The summed E-state index contributed by atoms with van der Waals surface area (Å²) in [5, 5.41) is 19.3. The van der Waals surface area contributed by atoms with Crippen LogP contribution in [0.25, 0.3) is 33.3 Å². The number of aromatic amines is 1. The molecule has 2 heterocycles. The normalized spacial score (nSPS) is 12.9. The second kappa shape index (κ2) is 7.74. The predicted molar refractivity (Wildman–Crippen MR) is 119 cm³/mol. The molecule has 8 nitrogen and oxygen atoms in total. The zero-order valence-electron chi connectivity index (χ0n) is 18.2. The van der Waals surface area contributed by atoms with Gasteiger partial charge in [0.05, 0.1) is 40.6 Å². The monoisotopic (exact) mass is 437 g/mol. The van der Waals surface area contributed by atoms with E-state index >= 15 is 0 Å². The molecule has 0 saturated heterocycles. The molecule has 2 aromatic carbocycles. The van der Waals surface area contributed by atoms with E-state index in [9.17, 15) is 19.1 Å². The van der Waals surface area contributed by atoms with Crippen molar-refractivity contribution >= 4 is 33.8 Å². The minimum absolute atomic E-state index is 0.166. The largest absolute Gasteiger partial charge is 0.481 e. The molecule has 1 atom stereocenters. The second-order valence-electron chi connectivity index (χ2n) is 8.86. The van der Waals surface area contributed by atoms with Crippen molar-refractivity contribution in [2.45, 2.75) is 33.2 Å². The molecule has 1 unspecified atom stereocenters. The van der Waals surface area contributed by atoms with Crippen LogP contribution in [0.2, 0.25) is 0 Å². The second-order valence-corrected chi connectivity index (χ2v) is 8.86. The molecular formula is C23H24FN5O3. The lowest BCUT2D eigenvalue weighted by atomic mass is 9.84. The van der Waals surface area contributed by atoms with E-state index in [1.165, 1.54) is 12.3 Å². The highest BCUT2D eigenvalue weighted by Gasteiger charge is 2.32. The highest BCUT2D eigenvalue weighted by atomic mass is 19.1. The van der Waals surface area contributed by atoms with Crippen LogP contribution >= 0.6 is 0 Å². The Morgan fingerprint density at radius 3 is 2.66 bits per heavy atom. The molecular weight excluding hydrogens is 413 g/mol. The molecule has 0 fully saturated rings. The fraction of sp³-hybridized carbons (Fsp3) is 0.304. The molecule has 1 amide bonds. The van der Waals surface area contributed by atoms with Crippen molar-refractivity contribution in [1.82, 2.24) is 25.1 Å². The van der Waals surface area contributed by atoms with Crippen molar-refractivity contribution in [3.05, 3.63) is 47.9 Å². The zero-order valence-corrected chi connectivity index (χ0v) is 18.2. The van der Waals surface area contributed by atoms with Gasteiger partial charge in [-0.1, -0.05) is 20.8 Å². The van der Waals surface area contributed by atoms with E-state index in [1.54, 1.807) is 31.3 Å². The Morgan fingerprint density at radius 2 is 2.00 bits per heavy atom. The fourth-order valence-corrected chi connectivity index (χ4v) is 3.98. The fourth-order valence-electron chi connectivity index (χ4n) is 3.98. The zero-order chi connectivity index (χ0) is 23.2. The first-order chi connectivity index (χ1) is 15.1. The summed E-state index contributed by atoms with van der Waals surface area (Å²) >= 11 is 0. The summed E-state index contributed by atoms with van der Waals surface area (Å²) in [6, 6.07) is 7.66. The topological polar surface area (TPSA) is 113 Å².